The van der Waals surface area contributed by atoms with Crippen LogP contribution in [0.5, 0.6) is 5.75 Å². The van der Waals surface area contributed by atoms with Gasteiger partial charge in [-0.2, -0.15) is 0 Å². The molecule has 2 heterocycles. The van der Waals surface area contributed by atoms with Crippen molar-refractivity contribution in [3.63, 3.8) is 0 Å². The standard InChI is InChI=1S/C16H13Cl2N3O4/c1-25-11-4-9(19-10(5-11)7-22)6-21-13-3-8(17)2-12(18)14(13)15(23)20-16(21)24/h2-5,22H,6-7H2,1H3,(H,20,23,24). The number of rotatable bonds is 4. The van der Waals surface area contributed by atoms with Gasteiger partial charge in [-0.3, -0.25) is 19.3 Å². The fourth-order valence-electron chi connectivity index (χ4n) is 2.55. The van der Waals surface area contributed by atoms with Gasteiger partial charge in [-0.1, -0.05) is 23.2 Å². The summed E-state index contributed by atoms with van der Waals surface area (Å²) in [6.45, 7) is -0.240. The van der Waals surface area contributed by atoms with E-state index in [2.05, 4.69) is 9.97 Å². The lowest BCUT2D eigenvalue weighted by molar-refractivity contribution is 0.275. The summed E-state index contributed by atoms with van der Waals surface area (Å²) >= 11 is 12.1. The van der Waals surface area contributed by atoms with Crippen LogP contribution < -0.4 is 16.0 Å². The largest absolute Gasteiger partial charge is 0.497 e. The number of aliphatic hydroxyl groups excluding tert-OH is 1. The Bertz CT molecular complexity index is 1050. The molecule has 2 N–H and O–H groups in total. The zero-order valence-electron chi connectivity index (χ0n) is 13.0. The molecule has 0 saturated carbocycles. The first-order valence-electron chi connectivity index (χ1n) is 7.19. The van der Waals surface area contributed by atoms with Gasteiger partial charge in [0.2, 0.25) is 0 Å². The van der Waals surface area contributed by atoms with Gasteiger partial charge < -0.3 is 9.84 Å². The maximum Gasteiger partial charge on any atom is 0.329 e. The number of H-pyrrole nitrogens is 1. The Balaban J connectivity index is 2.23. The van der Waals surface area contributed by atoms with E-state index < -0.39 is 11.2 Å². The molecule has 0 unspecified atom stereocenters. The van der Waals surface area contributed by atoms with E-state index in [9.17, 15) is 14.7 Å². The highest BCUT2D eigenvalue weighted by atomic mass is 35.5. The third-order valence-electron chi connectivity index (χ3n) is 3.64. The van der Waals surface area contributed by atoms with Gasteiger partial charge in [-0.05, 0) is 12.1 Å². The van der Waals surface area contributed by atoms with E-state index in [0.717, 1.165) is 0 Å². The second-order valence-corrected chi connectivity index (χ2v) is 6.12. The fourth-order valence-corrected chi connectivity index (χ4v) is 3.12. The summed E-state index contributed by atoms with van der Waals surface area (Å²) in [6, 6.07) is 6.15. The Kier molecular flexibility index (Phi) is 4.80. The predicted octanol–water partition coefficient (Wildman–Crippen LogP) is 1.94. The molecule has 0 radical (unpaired) electrons. The molecule has 130 valence electrons. The van der Waals surface area contributed by atoms with E-state index >= 15 is 0 Å². The number of hydrogen-bond acceptors (Lipinski definition) is 5. The minimum absolute atomic E-state index is 0.0347. The molecular weight excluding hydrogens is 369 g/mol. The topological polar surface area (TPSA) is 97.2 Å². The molecule has 3 rings (SSSR count). The van der Waals surface area contributed by atoms with Gasteiger partial charge in [0.05, 0.1) is 47.6 Å². The fraction of sp³-hybridized carbons (Fsp3) is 0.188. The lowest BCUT2D eigenvalue weighted by Crippen LogP contribution is -2.31. The van der Waals surface area contributed by atoms with Gasteiger partial charge in [0.1, 0.15) is 5.75 Å². The monoisotopic (exact) mass is 381 g/mol. The molecule has 25 heavy (non-hydrogen) atoms. The first-order valence-corrected chi connectivity index (χ1v) is 7.95. The van der Waals surface area contributed by atoms with E-state index in [1.807, 2.05) is 0 Å². The second kappa shape index (κ2) is 6.87. The summed E-state index contributed by atoms with van der Waals surface area (Å²) in [5.74, 6) is 0.492. The van der Waals surface area contributed by atoms with Crippen LogP contribution in [0.4, 0.5) is 0 Å². The van der Waals surface area contributed by atoms with Gasteiger partial charge in [0.25, 0.3) is 5.56 Å². The molecule has 0 bridgehead atoms. The molecule has 9 heteroatoms. The molecule has 7 nitrogen and oxygen atoms in total. The highest BCUT2D eigenvalue weighted by Gasteiger charge is 2.13. The van der Waals surface area contributed by atoms with Gasteiger partial charge in [0.15, 0.2) is 0 Å². The molecule has 0 aliphatic carbocycles. The molecule has 3 aromatic rings. The molecule has 0 atom stereocenters. The molecule has 0 amide bonds. The molecule has 0 aliphatic heterocycles. The third-order valence-corrected chi connectivity index (χ3v) is 4.16. The number of aliphatic hydroxyl groups is 1. The maximum atomic E-state index is 12.3. The van der Waals surface area contributed by atoms with Crippen LogP contribution in [-0.4, -0.2) is 26.8 Å². The van der Waals surface area contributed by atoms with Gasteiger partial charge in [-0.25, -0.2) is 4.79 Å². The number of methoxy groups -OCH3 is 1. The summed E-state index contributed by atoms with van der Waals surface area (Å²) in [4.78, 5) is 30.9. The minimum Gasteiger partial charge on any atom is -0.497 e. The van der Waals surface area contributed by atoms with Crippen LogP contribution in [0.1, 0.15) is 11.4 Å². The van der Waals surface area contributed by atoms with Crippen molar-refractivity contribution in [3.8, 4) is 5.75 Å². The zero-order chi connectivity index (χ0) is 18.1. The number of fused-ring (bicyclic) bond motifs is 1. The summed E-state index contributed by atoms with van der Waals surface area (Å²) in [5, 5.41) is 9.92. The predicted molar refractivity (Wildman–Crippen MR) is 94.7 cm³/mol. The Morgan fingerprint density at radius 2 is 1.92 bits per heavy atom. The van der Waals surface area contributed by atoms with Crippen molar-refractivity contribution in [2.75, 3.05) is 7.11 Å². The van der Waals surface area contributed by atoms with Crippen LogP contribution in [-0.2, 0) is 13.2 Å². The van der Waals surface area contributed by atoms with Crippen LogP contribution in [0.25, 0.3) is 10.9 Å². The van der Waals surface area contributed by atoms with Gasteiger partial charge >= 0.3 is 5.69 Å². The van der Waals surface area contributed by atoms with E-state index in [4.69, 9.17) is 27.9 Å². The van der Waals surface area contributed by atoms with Crippen LogP contribution in [0.3, 0.4) is 0 Å². The Morgan fingerprint density at radius 3 is 2.60 bits per heavy atom. The van der Waals surface area contributed by atoms with Crippen LogP contribution in [0.2, 0.25) is 10.0 Å². The number of nitrogens with zero attached hydrogens (tertiary/aromatic N) is 2. The Hall–Kier alpha value is -2.35. The van der Waals surface area contributed by atoms with Crippen molar-refractivity contribution < 1.29 is 9.84 Å². The van der Waals surface area contributed by atoms with Crippen LogP contribution in [0, 0.1) is 0 Å². The maximum absolute atomic E-state index is 12.3. The third kappa shape index (κ3) is 3.39. The number of aromatic nitrogens is 3. The normalized spacial score (nSPS) is 11.0. The lowest BCUT2D eigenvalue weighted by atomic mass is 10.2. The quantitative estimate of drug-likeness (QED) is 0.719. The number of aromatic amines is 1. The second-order valence-electron chi connectivity index (χ2n) is 5.27. The number of ether oxygens (including phenoxy) is 1. The summed E-state index contributed by atoms with van der Waals surface area (Å²) < 4.78 is 6.47. The molecule has 1 aromatic carbocycles. The van der Waals surface area contributed by atoms with E-state index in [1.165, 1.54) is 23.8 Å². The van der Waals surface area contributed by atoms with Gasteiger partial charge in [-0.15, -0.1) is 0 Å². The number of nitrogens with one attached hydrogen (secondary N) is 1. The van der Waals surface area contributed by atoms with Crippen molar-refractivity contribution >= 4 is 34.1 Å². The smallest absolute Gasteiger partial charge is 0.329 e. The van der Waals surface area contributed by atoms with Crippen molar-refractivity contribution in [1.82, 2.24) is 14.5 Å². The van der Waals surface area contributed by atoms with Crippen molar-refractivity contribution in [2.24, 2.45) is 0 Å². The van der Waals surface area contributed by atoms with E-state index in [-0.39, 0.29) is 23.6 Å². The average molecular weight is 382 g/mol. The minimum atomic E-state index is -0.619. The first kappa shape index (κ1) is 17.5. The summed E-state index contributed by atoms with van der Waals surface area (Å²) in [6.07, 6.45) is 0. The molecule has 0 saturated heterocycles. The number of pyridine rings is 1. The number of hydrogen-bond donors (Lipinski definition) is 2. The lowest BCUT2D eigenvalue weighted by Gasteiger charge is -2.12. The Labute approximate surface area is 151 Å². The van der Waals surface area contributed by atoms with Crippen molar-refractivity contribution in [2.45, 2.75) is 13.2 Å². The molecule has 2 aromatic heterocycles. The van der Waals surface area contributed by atoms with Crippen molar-refractivity contribution in [1.29, 1.82) is 0 Å². The molecule has 0 spiro atoms. The molecular formula is C16H13Cl2N3O4. The average Bonchev–Trinajstić information content (AvgIpc) is 2.57. The Morgan fingerprint density at radius 1 is 1.20 bits per heavy atom. The molecule has 0 aliphatic rings. The van der Waals surface area contributed by atoms with Crippen LogP contribution in [0.15, 0.2) is 33.9 Å². The van der Waals surface area contributed by atoms with E-state index in [1.54, 1.807) is 12.1 Å². The molecule has 0 fully saturated rings. The SMILES string of the molecule is COc1cc(CO)nc(Cn2c(=O)[nH]c(=O)c3c(Cl)cc(Cl)cc32)c1. The first-order chi connectivity index (χ1) is 11.9. The van der Waals surface area contributed by atoms with E-state index in [0.29, 0.717) is 27.7 Å². The van der Waals surface area contributed by atoms with Crippen LogP contribution >= 0.6 is 23.2 Å². The summed E-state index contributed by atoms with van der Waals surface area (Å²) in [5.41, 5.74) is -0.0536. The highest BCUT2D eigenvalue weighted by molar-refractivity contribution is 6.38. The summed E-state index contributed by atoms with van der Waals surface area (Å²) in [7, 11) is 1.49. The van der Waals surface area contributed by atoms with Crippen molar-refractivity contribution in [3.05, 3.63) is 66.5 Å². The zero-order valence-corrected chi connectivity index (χ0v) is 14.6. The number of benzene rings is 1. The number of halogens is 2. The highest BCUT2D eigenvalue weighted by Crippen LogP contribution is 2.25. The van der Waals surface area contributed by atoms with Gasteiger partial charge in [0, 0.05) is 17.2 Å².